The number of carbonyl (C=O) groups excluding carboxylic acids is 1. The summed E-state index contributed by atoms with van der Waals surface area (Å²) in [6, 6.07) is 10.2. The number of benzene rings is 1. The fourth-order valence-electron chi connectivity index (χ4n) is 3.99. The third-order valence-corrected chi connectivity index (χ3v) is 7.69. The van der Waals surface area contributed by atoms with Crippen LogP contribution in [0.25, 0.3) is 15.9 Å². The molecule has 6 nitrogen and oxygen atoms in total. The molecule has 1 aromatic carbocycles. The lowest BCUT2D eigenvalue weighted by molar-refractivity contribution is -0.118. The zero-order valence-electron chi connectivity index (χ0n) is 16.8. The summed E-state index contributed by atoms with van der Waals surface area (Å²) in [6.07, 6.45) is 6.03. The fourth-order valence-corrected chi connectivity index (χ4v) is 6.07. The van der Waals surface area contributed by atoms with E-state index in [1.807, 2.05) is 22.6 Å². The number of fused-ring (bicyclic) bond motifs is 5. The third-order valence-electron chi connectivity index (χ3n) is 5.58. The van der Waals surface area contributed by atoms with Crippen LogP contribution in [0, 0.1) is 5.92 Å². The molecule has 154 valence electrons. The Morgan fingerprint density at radius 3 is 3.03 bits per heavy atom. The maximum atomic E-state index is 12.3. The Kier molecular flexibility index (Phi) is 5.43. The largest absolute Gasteiger partial charge is 0.355 e. The Labute approximate surface area is 183 Å². The molecule has 4 aromatic rings. The highest BCUT2D eigenvalue weighted by Gasteiger charge is 2.24. The van der Waals surface area contributed by atoms with Gasteiger partial charge in [-0.25, -0.2) is 4.98 Å². The maximum Gasteiger partial charge on any atom is 0.230 e. The number of hydrogen-bond acceptors (Lipinski definition) is 6. The molecule has 30 heavy (non-hydrogen) atoms. The summed E-state index contributed by atoms with van der Waals surface area (Å²) in [5.74, 6) is 1.04. The van der Waals surface area contributed by atoms with Gasteiger partial charge >= 0.3 is 0 Å². The minimum absolute atomic E-state index is 0.00335. The lowest BCUT2D eigenvalue weighted by Crippen LogP contribution is -2.27. The van der Waals surface area contributed by atoms with E-state index < -0.39 is 0 Å². The molecule has 0 fully saturated rings. The van der Waals surface area contributed by atoms with Gasteiger partial charge in [0.2, 0.25) is 5.91 Å². The molecule has 0 saturated carbocycles. The standard InChI is InChI=1S/C22H23N5OS2/c1-14-7-8-16-17(11-14)30-21-19(16)20-25-26-22(27(20)13-24-21)29-12-18(28)23-10-9-15-5-3-2-4-6-15/h2-6,13-14H,7-12H2,1H3,(H,23,28)/t14-/m0/s1. The van der Waals surface area contributed by atoms with Crippen molar-refractivity contribution in [3.05, 3.63) is 52.7 Å². The molecule has 1 amide bonds. The highest BCUT2D eigenvalue weighted by atomic mass is 32.2. The highest BCUT2D eigenvalue weighted by Crippen LogP contribution is 2.39. The molecule has 0 bridgehead atoms. The van der Waals surface area contributed by atoms with E-state index in [4.69, 9.17) is 0 Å². The maximum absolute atomic E-state index is 12.3. The lowest BCUT2D eigenvalue weighted by atomic mass is 9.89. The lowest BCUT2D eigenvalue weighted by Gasteiger charge is -2.17. The molecular formula is C22H23N5OS2. The fraction of sp³-hybridized carbons (Fsp3) is 0.364. The number of rotatable bonds is 6. The van der Waals surface area contributed by atoms with Crippen molar-refractivity contribution in [2.75, 3.05) is 12.3 Å². The third kappa shape index (κ3) is 3.81. The van der Waals surface area contributed by atoms with Gasteiger partial charge in [-0.2, -0.15) is 0 Å². The minimum Gasteiger partial charge on any atom is -0.355 e. The number of carbonyl (C=O) groups is 1. The van der Waals surface area contributed by atoms with Crippen LogP contribution >= 0.6 is 23.1 Å². The van der Waals surface area contributed by atoms with Gasteiger partial charge in [-0.1, -0.05) is 49.0 Å². The predicted molar refractivity (Wildman–Crippen MR) is 121 cm³/mol. The molecule has 8 heteroatoms. The summed E-state index contributed by atoms with van der Waals surface area (Å²) in [4.78, 5) is 19.4. The van der Waals surface area contributed by atoms with Crippen LogP contribution in [0.5, 0.6) is 0 Å². The van der Waals surface area contributed by atoms with Gasteiger partial charge < -0.3 is 5.32 Å². The molecule has 0 saturated heterocycles. The van der Waals surface area contributed by atoms with Gasteiger partial charge in [0.05, 0.1) is 11.1 Å². The molecule has 1 N–H and O–H groups in total. The molecule has 0 unspecified atom stereocenters. The van der Waals surface area contributed by atoms with E-state index in [2.05, 4.69) is 39.6 Å². The second kappa shape index (κ2) is 8.35. The van der Waals surface area contributed by atoms with Crippen LogP contribution in [-0.2, 0) is 24.1 Å². The van der Waals surface area contributed by atoms with Crippen molar-refractivity contribution in [1.82, 2.24) is 24.9 Å². The summed E-state index contributed by atoms with van der Waals surface area (Å²) >= 11 is 3.19. The second-order valence-corrected chi connectivity index (χ2v) is 9.85. The Morgan fingerprint density at radius 1 is 1.30 bits per heavy atom. The smallest absolute Gasteiger partial charge is 0.230 e. The van der Waals surface area contributed by atoms with Crippen LogP contribution in [0.2, 0.25) is 0 Å². The van der Waals surface area contributed by atoms with Gasteiger partial charge in [-0.15, -0.1) is 21.5 Å². The number of hydrogen-bond donors (Lipinski definition) is 1. The summed E-state index contributed by atoms with van der Waals surface area (Å²) in [5, 5.41) is 13.6. The van der Waals surface area contributed by atoms with Crippen molar-refractivity contribution in [2.45, 2.75) is 37.8 Å². The Bertz CT molecular complexity index is 1200. The first kappa shape index (κ1) is 19.5. The summed E-state index contributed by atoms with van der Waals surface area (Å²) in [7, 11) is 0. The SMILES string of the molecule is C[C@H]1CCc2c(sc3ncn4c(SCC(=O)NCCc5ccccc5)nnc4c23)C1. The van der Waals surface area contributed by atoms with E-state index in [1.165, 1.54) is 34.2 Å². The molecule has 3 aromatic heterocycles. The number of aromatic nitrogens is 4. The quantitative estimate of drug-likeness (QED) is 0.463. The van der Waals surface area contributed by atoms with E-state index in [0.29, 0.717) is 17.5 Å². The topological polar surface area (TPSA) is 72.2 Å². The molecule has 1 aliphatic carbocycles. The van der Waals surface area contributed by atoms with Crippen molar-refractivity contribution < 1.29 is 4.79 Å². The number of aryl methyl sites for hydroxylation is 1. The van der Waals surface area contributed by atoms with Gasteiger partial charge in [-0.3, -0.25) is 9.20 Å². The monoisotopic (exact) mass is 437 g/mol. The Balaban J connectivity index is 1.27. The summed E-state index contributed by atoms with van der Waals surface area (Å²) in [6.45, 7) is 2.94. The van der Waals surface area contributed by atoms with Gasteiger partial charge in [0, 0.05) is 11.4 Å². The van der Waals surface area contributed by atoms with E-state index in [-0.39, 0.29) is 5.91 Å². The van der Waals surface area contributed by atoms with E-state index in [9.17, 15) is 4.79 Å². The molecular weight excluding hydrogens is 414 g/mol. The highest BCUT2D eigenvalue weighted by molar-refractivity contribution is 7.99. The summed E-state index contributed by atoms with van der Waals surface area (Å²) < 4.78 is 1.93. The zero-order chi connectivity index (χ0) is 20.5. The molecule has 0 aliphatic heterocycles. The number of nitrogens with zero attached hydrogens (tertiary/aromatic N) is 4. The Hall–Kier alpha value is -2.45. The summed E-state index contributed by atoms with van der Waals surface area (Å²) in [5.41, 5.74) is 3.48. The van der Waals surface area contributed by atoms with Gasteiger partial charge in [0.15, 0.2) is 10.8 Å². The molecule has 0 radical (unpaired) electrons. The first-order chi connectivity index (χ1) is 14.7. The Morgan fingerprint density at radius 2 is 2.17 bits per heavy atom. The van der Waals surface area contributed by atoms with Crippen molar-refractivity contribution >= 4 is 44.9 Å². The van der Waals surface area contributed by atoms with Crippen LogP contribution in [0.1, 0.15) is 29.3 Å². The predicted octanol–water partition coefficient (Wildman–Crippen LogP) is 3.91. The minimum atomic E-state index is 0.00335. The van der Waals surface area contributed by atoms with Crippen LogP contribution in [0.15, 0.2) is 41.8 Å². The number of nitrogens with one attached hydrogen (secondary N) is 1. The van der Waals surface area contributed by atoms with E-state index >= 15 is 0 Å². The van der Waals surface area contributed by atoms with Crippen LogP contribution in [0.4, 0.5) is 0 Å². The van der Waals surface area contributed by atoms with Crippen LogP contribution in [0.3, 0.4) is 0 Å². The van der Waals surface area contributed by atoms with E-state index in [1.54, 1.807) is 17.7 Å². The second-order valence-electron chi connectivity index (χ2n) is 7.83. The van der Waals surface area contributed by atoms with Crippen LogP contribution in [-0.4, -0.2) is 37.8 Å². The average molecular weight is 438 g/mol. The molecule has 3 heterocycles. The number of thioether (sulfide) groups is 1. The first-order valence-corrected chi connectivity index (χ1v) is 12.1. The van der Waals surface area contributed by atoms with Crippen molar-refractivity contribution in [3.63, 3.8) is 0 Å². The number of amides is 1. The normalized spacial score (nSPS) is 16.1. The van der Waals surface area contributed by atoms with Crippen molar-refractivity contribution in [1.29, 1.82) is 0 Å². The zero-order valence-corrected chi connectivity index (χ0v) is 18.4. The molecule has 1 aliphatic rings. The van der Waals surface area contributed by atoms with Crippen molar-refractivity contribution in [2.24, 2.45) is 5.92 Å². The first-order valence-electron chi connectivity index (χ1n) is 10.3. The van der Waals surface area contributed by atoms with E-state index in [0.717, 1.165) is 41.0 Å². The van der Waals surface area contributed by atoms with Crippen LogP contribution < -0.4 is 5.32 Å². The molecule has 1 atom stereocenters. The molecule has 0 spiro atoms. The number of thiophene rings is 1. The molecule has 5 rings (SSSR count). The van der Waals surface area contributed by atoms with Gasteiger partial charge in [0.25, 0.3) is 0 Å². The van der Waals surface area contributed by atoms with Crippen molar-refractivity contribution in [3.8, 4) is 0 Å². The average Bonchev–Trinajstić information content (AvgIpc) is 3.33. The van der Waals surface area contributed by atoms with Gasteiger partial charge in [-0.05, 0) is 42.7 Å². The van der Waals surface area contributed by atoms with Gasteiger partial charge in [0.1, 0.15) is 11.2 Å².